The van der Waals surface area contributed by atoms with E-state index in [-0.39, 0.29) is 6.54 Å². The second kappa shape index (κ2) is 9.90. The van der Waals surface area contributed by atoms with Gasteiger partial charge >= 0.3 is 0 Å². The molecule has 1 saturated heterocycles. The fourth-order valence-corrected chi connectivity index (χ4v) is 6.05. The fraction of sp³-hybridized carbons (Fsp3) is 0.450. The first-order valence-electron chi connectivity index (χ1n) is 9.57. The van der Waals surface area contributed by atoms with Gasteiger partial charge in [-0.1, -0.05) is 46.0 Å². The second-order valence-corrected chi connectivity index (χ2v) is 11.1. The highest BCUT2D eigenvalue weighted by molar-refractivity contribution is 9.10. The Morgan fingerprint density at radius 1 is 1.17 bits per heavy atom. The molecule has 30 heavy (non-hydrogen) atoms. The molecule has 2 aromatic rings. The first-order valence-corrected chi connectivity index (χ1v) is 13.0. The zero-order valence-corrected chi connectivity index (χ0v) is 19.6. The van der Waals surface area contributed by atoms with Gasteiger partial charge in [0.25, 0.3) is 5.91 Å². The van der Waals surface area contributed by atoms with Crippen molar-refractivity contribution in [1.82, 2.24) is 9.47 Å². The number of thiazole rings is 1. The third-order valence-electron chi connectivity index (χ3n) is 4.76. The van der Waals surface area contributed by atoms with Gasteiger partial charge in [0.15, 0.2) is 14.6 Å². The van der Waals surface area contributed by atoms with Gasteiger partial charge in [-0.05, 0) is 31.0 Å². The molecule has 0 atom stereocenters. The molecule has 1 aromatic heterocycles. The molecule has 2 amide bonds. The first kappa shape index (κ1) is 22.7. The largest absolute Gasteiger partial charge is 0.342 e. The van der Waals surface area contributed by atoms with Crippen LogP contribution in [-0.4, -0.2) is 54.3 Å². The van der Waals surface area contributed by atoms with Crippen molar-refractivity contribution in [3.8, 4) is 12.3 Å². The lowest BCUT2D eigenvalue weighted by Crippen LogP contribution is -2.37. The van der Waals surface area contributed by atoms with Crippen LogP contribution >= 0.6 is 27.3 Å². The average molecular weight is 512 g/mol. The van der Waals surface area contributed by atoms with Gasteiger partial charge in [0, 0.05) is 17.6 Å². The van der Waals surface area contributed by atoms with E-state index in [1.165, 1.54) is 11.3 Å². The van der Waals surface area contributed by atoms with Crippen molar-refractivity contribution in [2.24, 2.45) is 4.99 Å². The van der Waals surface area contributed by atoms with Crippen molar-refractivity contribution < 1.29 is 18.0 Å². The molecule has 1 fully saturated rings. The smallest absolute Gasteiger partial charge is 0.263 e. The predicted octanol–water partition coefficient (Wildman–Crippen LogP) is 2.34. The highest BCUT2D eigenvalue weighted by atomic mass is 79.9. The molecular weight excluding hydrogens is 490 g/mol. The summed E-state index contributed by atoms with van der Waals surface area (Å²) in [5.74, 6) is -0.205. The van der Waals surface area contributed by atoms with Gasteiger partial charge in [0.1, 0.15) is 11.5 Å². The molecule has 7 nitrogen and oxygen atoms in total. The molecule has 0 unspecified atom stereocenters. The summed E-state index contributed by atoms with van der Waals surface area (Å²) in [6.45, 7) is 1.33. The van der Waals surface area contributed by atoms with Gasteiger partial charge in [0.05, 0.1) is 16.8 Å². The van der Waals surface area contributed by atoms with Crippen LogP contribution in [0.25, 0.3) is 10.2 Å². The number of likely N-dealkylation sites (tertiary alicyclic amines) is 1. The number of fused-ring (bicyclic) bond motifs is 1. The van der Waals surface area contributed by atoms with Gasteiger partial charge in [0.2, 0.25) is 5.91 Å². The topological polar surface area (TPSA) is 88.8 Å². The molecule has 3 rings (SSSR count). The first-order chi connectivity index (χ1) is 14.3. The van der Waals surface area contributed by atoms with E-state index in [9.17, 15) is 18.0 Å². The minimum atomic E-state index is -3.91. The van der Waals surface area contributed by atoms with Crippen molar-refractivity contribution in [3.05, 3.63) is 27.5 Å². The molecule has 0 radical (unpaired) electrons. The Bertz CT molecular complexity index is 1170. The van der Waals surface area contributed by atoms with Gasteiger partial charge < -0.3 is 9.47 Å². The number of hydrogen-bond donors (Lipinski definition) is 0. The molecule has 0 bridgehead atoms. The van der Waals surface area contributed by atoms with E-state index in [2.05, 4.69) is 26.8 Å². The van der Waals surface area contributed by atoms with Gasteiger partial charge in [-0.3, -0.25) is 9.59 Å². The average Bonchev–Trinajstić information content (AvgIpc) is 2.84. The fourth-order valence-electron chi connectivity index (χ4n) is 3.35. The number of sulfone groups is 1. The maximum absolute atomic E-state index is 12.4. The third-order valence-corrected chi connectivity index (χ3v) is 7.67. The van der Waals surface area contributed by atoms with Gasteiger partial charge in [-0.25, -0.2) is 8.42 Å². The standard InChI is InChI=1S/C20H22BrN3O4S2/c1-2-9-24-16-8-7-15(21)12-17(16)29-20(24)22-18(25)13-30(27,28)14-19(26)23-10-5-3-4-6-11-23/h1,7-8,12H,3-6,9-11,13-14H2. The zero-order valence-electron chi connectivity index (χ0n) is 16.3. The molecule has 0 aliphatic carbocycles. The van der Waals surface area contributed by atoms with E-state index >= 15 is 0 Å². The SMILES string of the molecule is C#CCn1c(=NC(=O)CS(=O)(=O)CC(=O)N2CCCCCC2)sc2cc(Br)ccc21. The van der Waals surface area contributed by atoms with Crippen LogP contribution in [0.2, 0.25) is 0 Å². The van der Waals surface area contributed by atoms with Crippen LogP contribution < -0.4 is 4.80 Å². The molecule has 1 aliphatic rings. The Kier molecular flexibility index (Phi) is 7.50. The van der Waals surface area contributed by atoms with E-state index in [0.717, 1.165) is 40.4 Å². The summed E-state index contributed by atoms with van der Waals surface area (Å²) < 4.78 is 28.3. The highest BCUT2D eigenvalue weighted by Gasteiger charge is 2.25. The molecule has 1 aliphatic heterocycles. The van der Waals surface area contributed by atoms with Crippen LogP contribution in [0.1, 0.15) is 25.7 Å². The number of benzene rings is 1. The molecule has 2 heterocycles. The number of aromatic nitrogens is 1. The van der Waals surface area contributed by atoms with E-state index < -0.39 is 33.2 Å². The van der Waals surface area contributed by atoms with Crippen LogP contribution in [0, 0.1) is 12.3 Å². The summed E-state index contributed by atoms with van der Waals surface area (Å²) in [6, 6.07) is 5.59. The maximum Gasteiger partial charge on any atom is 0.263 e. The summed E-state index contributed by atoms with van der Waals surface area (Å²) in [7, 11) is -3.91. The predicted molar refractivity (Wildman–Crippen MR) is 121 cm³/mol. The minimum Gasteiger partial charge on any atom is -0.342 e. The molecule has 0 spiro atoms. The Hall–Kier alpha value is -1.96. The molecule has 0 saturated carbocycles. The number of carbonyl (C=O) groups is 2. The van der Waals surface area contributed by atoms with Crippen LogP contribution in [-0.2, 0) is 26.0 Å². The van der Waals surface area contributed by atoms with Crippen molar-refractivity contribution in [1.29, 1.82) is 0 Å². The number of nitrogens with zero attached hydrogens (tertiary/aromatic N) is 3. The summed E-state index contributed by atoms with van der Waals surface area (Å²) in [6.07, 6.45) is 9.26. The Morgan fingerprint density at radius 3 is 2.53 bits per heavy atom. The van der Waals surface area contributed by atoms with E-state index in [0.29, 0.717) is 17.9 Å². The van der Waals surface area contributed by atoms with E-state index in [1.807, 2.05) is 18.2 Å². The number of rotatable bonds is 5. The maximum atomic E-state index is 12.4. The second-order valence-electron chi connectivity index (χ2n) is 7.12. The van der Waals surface area contributed by atoms with Crippen molar-refractivity contribution in [2.75, 3.05) is 24.6 Å². The quantitative estimate of drug-likeness (QED) is 0.576. The molecular formula is C20H22BrN3O4S2. The summed E-state index contributed by atoms with van der Waals surface area (Å²) in [5, 5.41) is 0. The Labute approximate surface area is 187 Å². The lowest BCUT2D eigenvalue weighted by atomic mass is 10.2. The summed E-state index contributed by atoms with van der Waals surface area (Å²) >= 11 is 4.65. The molecule has 1 aromatic carbocycles. The van der Waals surface area contributed by atoms with Crippen LogP contribution in [0.4, 0.5) is 0 Å². The molecule has 0 N–H and O–H groups in total. The molecule has 10 heteroatoms. The lowest BCUT2D eigenvalue weighted by molar-refractivity contribution is -0.128. The number of terminal acetylenes is 1. The number of carbonyl (C=O) groups excluding carboxylic acids is 2. The Balaban J connectivity index is 1.78. The third kappa shape index (κ3) is 5.80. The number of halogens is 1. The molecule has 160 valence electrons. The van der Waals surface area contributed by atoms with Crippen molar-refractivity contribution in [3.63, 3.8) is 0 Å². The number of amides is 2. The number of hydrogen-bond acceptors (Lipinski definition) is 5. The van der Waals surface area contributed by atoms with Crippen LogP contribution in [0.15, 0.2) is 27.7 Å². The monoisotopic (exact) mass is 511 g/mol. The van der Waals surface area contributed by atoms with Gasteiger partial charge in [-0.2, -0.15) is 4.99 Å². The Morgan fingerprint density at radius 2 is 1.87 bits per heavy atom. The normalized spacial score (nSPS) is 15.7. The van der Waals surface area contributed by atoms with Crippen LogP contribution in [0.3, 0.4) is 0 Å². The zero-order chi connectivity index (χ0) is 21.7. The van der Waals surface area contributed by atoms with Crippen LogP contribution in [0.5, 0.6) is 0 Å². The van der Waals surface area contributed by atoms with Crippen molar-refractivity contribution in [2.45, 2.75) is 32.2 Å². The minimum absolute atomic E-state index is 0.202. The van der Waals surface area contributed by atoms with Crippen molar-refractivity contribution >= 4 is 59.1 Å². The summed E-state index contributed by atoms with van der Waals surface area (Å²) in [5.41, 5.74) is 0.812. The van der Waals surface area contributed by atoms with Gasteiger partial charge in [-0.15, -0.1) is 6.42 Å². The summed E-state index contributed by atoms with van der Waals surface area (Å²) in [4.78, 5) is 30.7. The highest BCUT2D eigenvalue weighted by Crippen LogP contribution is 2.22. The lowest BCUT2D eigenvalue weighted by Gasteiger charge is -2.19. The van der Waals surface area contributed by atoms with E-state index in [1.54, 1.807) is 9.47 Å². The van der Waals surface area contributed by atoms with E-state index in [4.69, 9.17) is 6.42 Å².